The molecule has 34 heavy (non-hydrogen) atoms. The Balaban J connectivity index is 1.73. The highest BCUT2D eigenvalue weighted by molar-refractivity contribution is 7.18. The lowest BCUT2D eigenvalue weighted by molar-refractivity contribution is -0.137. The summed E-state index contributed by atoms with van der Waals surface area (Å²) in [6.45, 7) is 4.46. The summed E-state index contributed by atoms with van der Waals surface area (Å²) in [6.07, 6.45) is -3.09. The molecule has 0 fully saturated rings. The second-order valence-electron chi connectivity index (χ2n) is 7.03. The number of carbonyl (C=O) groups excluding carboxylic acids is 3. The van der Waals surface area contributed by atoms with Gasteiger partial charge in [-0.15, -0.1) is 11.3 Å². The number of esters is 1. The van der Waals surface area contributed by atoms with E-state index in [4.69, 9.17) is 9.47 Å². The normalized spacial score (nSPS) is 11.2. The molecule has 0 aliphatic carbocycles. The molecule has 0 atom stereocenters. The van der Waals surface area contributed by atoms with Crippen LogP contribution in [-0.2, 0) is 17.6 Å². The summed E-state index contributed by atoms with van der Waals surface area (Å²) in [5.41, 5.74) is -0.374. The van der Waals surface area contributed by atoms with Gasteiger partial charge >= 0.3 is 12.1 Å². The van der Waals surface area contributed by atoms with E-state index in [1.54, 1.807) is 13.8 Å². The lowest BCUT2D eigenvalue weighted by Gasteiger charge is -2.10. The molecule has 1 aromatic carbocycles. The molecule has 1 N–H and O–H groups in total. The highest BCUT2D eigenvalue weighted by Gasteiger charge is 2.30. The van der Waals surface area contributed by atoms with Crippen molar-refractivity contribution in [3.05, 3.63) is 63.8 Å². The summed E-state index contributed by atoms with van der Waals surface area (Å²) in [6, 6.07) is 5.76. The van der Waals surface area contributed by atoms with Crippen molar-refractivity contribution in [3.8, 4) is 5.75 Å². The molecule has 3 aromatic rings. The number of alkyl halides is 3. The van der Waals surface area contributed by atoms with Gasteiger partial charge in [0.15, 0.2) is 18.2 Å². The van der Waals surface area contributed by atoms with E-state index in [2.05, 4.69) is 10.4 Å². The number of nitrogens with zero attached hydrogens (tertiary/aromatic N) is 2. The minimum atomic E-state index is -4.50. The first kappa shape index (κ1) is 25.0. The van der Waals surface area contributed by atoms with Crippen molar-refractivity contribution in [1.29, 1.82) is 0 Å². The molecule has 3 rings (SSSR count). The Morgan fingerprint density at radius 2 is 1.94 bits per heavy atom. The van der Waals surface area contributed by atoms with E-state index >= 15 is 0 Å². The van der Waals surface area contributed by atoms with Gasteiger partial charge in [-0.1, -0.05) is 6.07 Å². The van der Waals surface area contributed by atoms with E-state index in [-0.39, 0.29) is 41.1 Å². The molecule has 0 unspecified atom stereocenters. The number of halogens is 3. The van der Waals surface area contributed by atoms with Crippen LogP contribution in [0, 0.1) is 6.92 Å². The quantitative estimate of drug-likeness (QED) is 0.351. The van der Waals surface area contributed by atoms with Crippen LogP contribution < -0.4 is 10.1 Å². The van der Waals surface area contributed by atoms with Crippen LogP contribution in [0.1, 0.15) is 55.5 Å². The van der Waals surface area contributed by atoms with Crippen LogP contribution >= 0.6 is 11.3 Å². The zero-order chi connectivity index (χ0) is 25.0. The monoisotopic (exact) mass is 495 g/mol. The van der Waals surface area contributed by atoms with Crippen LogP contribution in [-0.4, -0.2) is 34.0 Å². The first-order chi connectivity index (χ1) is 16.0. The molecule has 0 saturated heterocycles. The number of thiophene rings is 1. The van der Waals surface area contributed by atoms with Crippen molar-refractivity contribution in [1.82, 2.24) is 9.78 Å². The van der Waals surface area contributed by atoms with Crippen LogP contribution in [0.5, 0.6) is 5.75 Å². The van der Waals surface area contributed by atoms with Gasteiger partial charge in [0.05, 0.1) is 22.6 Å². The van der Waals surface area contributed by atoms with Gasteiger partial charge in [-0.25, -0.2) is 9.48 Å². The maximum atomic E-state index is 12.8. The number of anilines is 1. The first-order valence-electron chi connectivity index (χ1n) is 9.97. The minimum absolute atomic E-state index is 0.0128. The number of Topliss-reactive ketones (excluding diaryl/α,β-unsaturated/α-hetero) is 1. The number of benzene rings is 1. The number of ether oxygens (including phenoxy) is 2. The van der Waals surface area contributed by atoms with Gasteiger partial charge in [-0.2, -0.15) is 18.3 Å². The Hall–Kier alpha value is -3.67. The van der Waals surface area contributed by atoms with Crippen LogP contribution in [0.15, 0.2) is 36.5 Å². The highest BCUT2D eigenvalue weighted by atomic mass is 32.1. The molecule has 0 radical (unpaired) electrons. The third-order valence-electron chi connectivity index (χ3n) is 4.57. The molecular formula is C22H20F3N3O5S. The Labute approximate surface area is 196 Å². The lowest BCUT2D eigenvalue weighted by Crippen LogP contribution is -2.16. The maximum absolute atomic E-state index is 12.8. The second-order valence-corrected chi connectivity index (χ2v) is 8.05. The predicted octanol–water partition coefficient (Wildman–Crippen LogP) is 4.94. The van der Waals surface area contributed by atoms with Crippen molar-refractivity contribution < 1.29 is 37.0 Å². The molecule has 1 amide bonds. The maximum Gasteiger partial charge on any atom is 0.416 e. The van der Waals surface area contributed by atoms with E-state index in [1.807, 2.05) is 0 Å². The third kappa shape index (κ3) is 5.63. The molecule has 12 heteroatoms. The van der Waals surface area contributed by atoms with Crippen LogP contribution in [0.2, 0.25) is 0 Å². The highest BCUT2D eigenvalue weighted by Crippen LogP contribution is 2.34. The molecule has 0 saturated carbocycles. The fraction of sp³-hybridized carbons (Fsp3) is 0.273. The lowest BCUT2D eigenvalue weighted by atomic mass is 10.1. The fourth-order valence-corrected chi connectivity index (χ4v) is 4.10. The van der Waals surface area contributed by atoms with E-state index in [0.29, 0.717) is 10.4 Å². The molecule has 0 bridgehead atoms. The topological polar surface area (TPSA) is 99.5 Å². The first-order valence-corrected chi connectivity index (χ1v) is 10.8. The van der Waals surface area contributed by atoms with Gasteiger partial charge in [-0.3, -0.25) is 9.59 Å². The van der Waals surface area contributed by atoms with Gasteiger partial charge in [0.1, 0.15) is 10.8 Å². The SMILES string of the molecule is CCOC(=O)c1c(NC(=O)c2ccn(COc3cccc(C(F)(F)F)c3)n2)sc(C(C)=O)c1C. The molecule has 2 heterocycles. The zero-order valence-electron chi connectivity index (χ0n) is 18.4. The molecule has 8 nitrogen and oxygen atoms in total. The van der Waals surface area contributed by atoms with Gasteiger partial charge in [-0.05, 0) is 50.6 Å². The number of rotatable bonds is 8. The molecule has 180 valence electrons. The van der Waals surface area contributed by atoms with E-state index in [1.165, 1.54) is 36.0 Å². The zero-order valence-corrected chi connectivity index (χ0v) is 19.2. The Morgan fingerprint density at radius 3 is 2.59 bits per heavy atom. The largest absolute Gasteiger partial charge is 0.471 e. The molecule has 0 spiro atoms. The van der Waals surface area contributed by atoms with Gasteiger partial charge in [0.25, 0.3) is 5.91 Å². The van der Waals surface area contributed by atoms with E-state index in [9.17, 15) is 27.6 Å². The van der Waals surface area contributed by atoms with Crippen molar-refractivity contribution >= 4 is 34.0 Å². The summed E-state index contributed by atoms with van der Waals surface area (Å²) in [4.78, 5) is 37.3. The Bertz CT molecular complexity index is 1230. The summed E-state index contributed by atoms with van der Waals surface area (Å²) in [5.74, 6) is -1.59. The molecule has 0 aliphatic rings. The van der Waals surface area contributed by atoms with Crippen LogP contribution in [0.3, 0.4) is 0 Å². The smallest absolute Gasteiger partial charge is 0.416 e. The summed E-state index contributed by atoms with van der Waals surface area (Å²) in [5, 5.41) is 6.78. The fourth-order valence-electron chi connectivity index (χ4n) is 3.01. The predicted molar refractivity (Wildman–Crippen MR) is 117 cm³/mol. The molecule has 2 aromatic heterocycles. The van der Waals surface area contributed by atoms with E-state index < -0.39 is 23.6 Å². The number of amides is 1. The van der Waals surface area contributed by atoms with Crippen LogP contribution in [0.4, 0.5) is 18.2 Å². The number of nitrogens with one attached hydrogen (secondary N) is 1. The van der Waals surface area contributed by atoms with Crippen molar-refractivity contribution in [2.45, 2.75) is 33.7 Å². The van der Waals surface area contributed by atoms with Crippen molar-refractivity contribution in [3.63, 3.8) is 0 Å². The van der Waals surface area contributed by atoms with Gasteiger partial charge in [0, 0.05) is 6.20 Å². The van der Waals surface area contributed by atoms with Crippen molar-refractivity contribution in [2.75, 3.05) is 11.9 Å². The Kier molecular flexibility index (Phi) is 7.40. The standard InChI is InChI=1S/C22H20F3N3O5S/c1-4-32-21(31)17-12(2)18(13(3)29)34-20(17)26-19(30)16-8-9-28(27-16)11-33-15-7-5-6-14(10-15)22(23,24)25/h5-10H,4,11H2,1-3H3,(H,26,30). The second kappa shape index (κ2) is 10.1. The van der Waals surface area contributed by atoms with E-state index in [0.717, 1.165) is 23.5 Å². The van der Waals surface area contributed by atoms with Crippen molar-refractivity contribution in [2.24, 2.45) is 0 Å². The minimum Gasteiger partial charge on any atom is -0.471 e. The van der Waals surface area contributed by atoms with Crippen LogP contribution in [0.25, 0.3) is 0 Å². The van der Waals surface area contributed by atoms with Gasteiger partial charge in [0.2, 0.25) is 0 Å². The number of hydrogen-bond acceptors (Lipinski definition) is 7. The molecule has 0 aliphatic heterocycles. The molecular weight excluding hydrogens is 475 g/mol. The summed E-state index contributed by atoms with van der Waals surface area (Å²) in [7, 11) is 0. The average Bonchev–Trinajstić information content (AvgIpc) is 3.37. The number of ketones is 1. The average molecular weight is 495 g/mol. The third-order valence-corrected chi connectivity index (χ3v) is 5.88. The summed E-state index contributed by atoms with van der Waals surface area (Å²) < 4.78 is 50.1. The number of hydrogen-bond donors (Lipinski definition) is 1. The summed E-state index contributed by atoms with van der Waals surface area (Å²) >= 11 is 0.956. The number of aromatic nitrogens is 2. The number of carbonyl (C=O) groups is 3. The Morgan fingerprint density at radius 1 is 1.21 bits per heavy atom. The van der Waals surface area contributed by atoms with Gasteiger partial charge < -0.3 is 14.8 Å².